The fourth-order valence-electron chi connectivity index (χ4n) is 5.02. The molecule has 27 heavy (non-hydrogen) atoms. The first-order chi connectivity index (χ1) is 12.9. The predicted molar refractivity (Wildman–Crippen MR) is 102 cm³/mol. The van der Waals surface area contributed by atoms with Crippen LogP contribution in [0.25, 0.3) is 0 Å². The lowest BCUT2D eigenvalue weighted by Crippen LogP contribution is -2.41. The summed E-state index contributed by atoms with van der Waals surface area (Å²) in [5, 5.41) is 3.13. The van der Waals surface area contributed by atoms with Crippen molar-refractivity contribution in [3.63, 3.8) is 0 Å². The molecule has 0 aromatic heterocycles. The van der Waals surface area contributed by atoms with Gasteiger partial charge in [-0.15, -0.1) is 0 Å². The lowest BCUT2D eigenvalue weighted by Gasteiger charge is -2.28. The molecule has 0 unspecified atom stereocenters. The highest BCUT2D eigenvalue weighted by molar-refractivity contribution is 7.89. The lowest BCUT2D eigenvalue weighted by molar-refractivity contribution is 0.0730. The Morgan fingerprint density at radius 1 is 1.15 bits per heavy atom. The monoisotopic (exact) mass is 392 g/mol. The molecule has 1 aromatic carbocycles. The highest BCUT2D eigenvalue weighted by atomic mass is 32.2. The summed E-state index contributed by atoms with van der Waals surface area (Å²) in [5.41, 5.74) is 0.505. The maximum atomic E-state index is 12.7. The number of nitrogens with one attached hydrogen (secondary N) is 1. The molecule has 2 aliphatic carbocycles. The van der Waals surface area contributed by atoms with E-state index < -0.39 is 10.0 Å². The third-order valence-electron chi connectivity index (χ3n) is 6.52. The van der Waals surface area contributed by atoms with Crippen molar-refractivity contribution in [2.24, 2.45) is 17.8 Å². The normalized spacial score (nSPS) is 29.6. The molecule has 1 amide bonds. The maximum absolute atomic E-state index is 12.7. The van der Waals surface area contributed by atoms with Crippen LogP contribution in [0.1, 0.15) is 43.0 Å². The number of hydrogen-bond donors (Lipinski definition) is 1. The van der Waals surface area contributed by atoms with Gasteiger partial charge in [0.25, 0.3) is 5.91 Å². The molecule has 3 fully saturated rings. The van der Waals surface area contributed by atoms with Crippen LogP contribution in [0.3, 0.4) is 0 Å². The van der Waals surface area contributed by atoms with Gasteiger partial charge in [-0.1, -0.05) is 6.42 Å². The molecule has 7 heteroatoms. The van der Waals surface area contributed by atoms with E-state index in [1.807, 2.05) is 0 Å². The second-order valence-corrected chi connectivity index (χ2v) is 10.1. The van der Waals surface area contributed by atoms with Crippen molar-refractivity contribution in [2.75, 3.05) is 26.3 Å². The number of rotatable bonds is 5. The Morgan fingerprint density at radius 2 is 1.85 bits per heavy atom. The molecule has 2 saturated carbocycles. The van der Waals surface area contributed by atoms with E-state index in [4.69, 9.17) is 4.74 Å². The zero-order valence-electron chi connectivity index (χ0n) is 15.8. The number of ether oxygens (including phenoxy) is 1. The molecule has 1 heterocycles. The van der Waals surface area contributed by atoms with Crippen molar-refractivity contribution in [3.05, 3.63) is 29.8 Å². The van der Waals surface area contributed by atoms with E-state index in [9.17, 15) is 13.2 Å². The molecule has 4 atom stereocenters. The third kappa shape index (κ3) is 3.77. The molecule has 2 bridgehead atoms. The van der Waals surface area contributed by atoms with Crippen LogP contribution in [0.15, 0.2) is 29.2 Å². The molecule has 3 aliphatic rings. The van der Waals surface area contributed by atoms with Gasteiger partial charge in [0.15, 0.2) is 0 Å². The smallest absolute Gasteiger partial charge is 0.251 e. The van der Waals surface area contributed by atoms with E-state index >= 15 is 0 Å². The van der Waals surface area contributed by atoms with Gasteiger partial charge in [0, 0.05) is 24.7 Å². The minimum absolute atomic E-state index is 0.124. The summed E-state index contributed by atoms with van der Waals surface area (Å²) in [6, 6.07) is 6.43. The first-order valence-corrected chi connectivity index (χ1v) is 11.4. The van der Waals surface area contributed by atoms with Crippen LogP contribution in [0.2, 0.25) is 0 Å². The number of nitrogens with zero attached hydrogens (tertiary/aromatic N) is 1. The molecule has 1 aromatic rings. The molecule has 0 spiro atoms. The summed E-state index contributed by atoms with van der Waals surface area (Å²) in [6.07, 6.45) is 5.19. The quantitative estimate of drug-likeness (QED) is 0.834. The predicted octanol–water partition coefficient (Wildman–Crippen LogP) is 2.26. The van der Waals surface area contributed by atoms with Crippen LogP contribution in [0.4, 0.5) is 0 Å². The summed E-state index contributed by atoms with van der Waals surface area (Å²) in [5.74, 6) is 2.06. The average Bonchev–Trinajstić information content (AvgIpc) is 3.32. The SMILES string of the molecule is C[C@@H](NC(=O)c1ccc(S(=O)(=O)N2CCOCC2)cc1)[C@@H]1C[C@H]2CC[C@H]1C2. The van der Waals surface area contributed by atoms with Crippen LogP contribution in [0, 0.1) is 17.8 Å². The first kappa shape index (κ1) is 18.9. The second-order valence-electron chi connectivity index (χ2n) is 8.14. The van der Waals surface area contributed by atoms with Crippen molar-refractivity contribution in [1.29, 1.82) is 0 Å². The van der Waals surface area contributed by atoms with Crippen LogP contribution < -0.4 is 5.32 Å². The molecule has 0 radical (unpaired) electrons. The summed E-state index contributed by atoms with van der Waals surface area (Å²) in [6.45, 7) is 3.67. The van der Waals surface area contributed by atoms with Gasteiger partial charge in [-0.05, 0) is 68.2 Å². The number of carbonyl (C=O) groups excluding carboxylic acids is 1. The van der Waals surface area contributed by atoms with E-state index in [1.54, 1.807) is 12.1 Å². The Bertz CT molecular complexity index is 787. The molecule has 148 valence electrons. The number of amides is 1. The number of benzene rings is 1. The number of fused-ring (bicyclic) bond motifs is 2. The number of carbonyl (C=O) groups is 1. The van der Waals surface area contributed by atoms with Gasteiger partial charge in [0.05, 0.1) is 18.1 Å². The second kappa shape index (κ2) is 7.53. The van der Waals surface area contributed by atoms with Gasteiger partial charge in [0.1, 0.15) is 0 Å². The van der Waals surface area contributed by atoms with E-state index in [1.165, 1.54) is 42.1 Å². The van der Waals surface area contributed by atoms with Crippen molar-refractivity contribution < 1.29 is 17.9 Å². The molecular weight excluding hydrogens is 364 g/mol. The number of sulfonamides is 1. The van der Waals surface area contributed by atoms with E-state index in [0.29, 0.717) is 37.8 Å². The molecule has 1 aliphatic heterocycles. The Labute approximate surface area is 161 Å². The van der Waals surface area contributed by atoms with E-state index in [2.05, 4.69) is 12.2 Å². The largest absolute Gasteiger partial charge is 0.379 e. The fraction of sp³-hybridized carbons (Fsp3) is 0.650. The van der Waals surface area contributed by atoms with Gasteiger partial charge in [-0.2, -0.15) is 4.31 Å². The Hall–Kier alpha value is -1.44. The zero-order valence-corrected chi connectivity index (χ0v) is 16.6. The Kier molecular flexibility index (Phi) is 5.27. The van der Waals surface area contributed by atoms with Crippen molar-refractivity contribution in [3.8, 4) is 0 Å². The topological polar surface area (TPSA) is 75.7 Å². The Morgan fingerprint density at radius 3 is 2.44 bits per heavy atom. The first-order valence-electron chi connectivity index (χ1n) is 9.94. The standard InChI is InChI=1S/C20H28N2O4S/c1-14(19-13-15-2-3-17(19)12-15)21-20(23)16-4-6-18(7-5-16)27(24,25)22-8-10-26-11-9-22/h4-7,14-15,17,19H,2-3,8-13H2,1H3,(H,21,23)/t14-,15+,17+,19+/m1/s1. The summed E-state index contributed by atoms with van der Waals surface area (Å²) >= 11 is 0. The summed E-state index contributed by atoms with van der Waals surface area (Å²) < 4.78 is 32.0. The molecular formula is C20H28N2O4S. The minimum atomic E-state index is -3.52. The van der Waals surface area contributed by atoms with Crippen molar-refractivity contribution in [2.45, 2.75) is 43.5 Å². The van der Waals surface area contributed by atoms with E-state index in [0.717, 1.165) is 11.8 Å². The molecule has 6 nitrogen and oxygen atoms in total. The zero-order chi connectivity index (χ0) is 19.0. The lowest BCUT2D eigenvalue weighted by atomic mass is 9.84. The molecule has 4 rings (SSSR count). The number of morpholine rings is 1. The highest BCUT2D eigenvalue weighted by Crippen LogP contribution is 2.49. The third-order valence-corrected chi connectivity index (χ3v) is 8.43. The Balaban J connectivity index is 1.40. The highest BCUT2D eigenvalue weighted by Gasteiger charge is 2.42. The van der Waals surface area contributed by atoms with Gasteiger partial charge < -0.3 is 10.1 Å². The van der Waals surface area contributed by atoms with Crippen LogP contribution in [-0.2, 0) is 14.8 Å². The van der Waals surface area contributed by atoms with Gasteiger partial charge in [0.2, 0.25) is 10.0 Å². The summed E-state index contributed by atoms with van der Waals surface area (Å²) in [7, 11) is -3.52. The van der Waals surface area contributed by atoms with Gasteiger partial charge in [-0.3, -0.25) is 4.79 Å². The summed E-state index contributed by atoms with van der Waals surface area (Å²) in [4.78, 5) is 12.8. The molecule has 1 N–H and O–H groups in total. The van der Waals surface area contributed by atoms with Crippen molar-refractivity contribution in [1.82, 2.24) is 9.62 Å². The van der Waals surface area contributed by atoms with E-state index in [-0.39, 0.29) is 16.8 Å². The fourth-order valence-corrected chi connectivity index (χ4v) is 6.43. The maximum Gasteiger partial charge on any atom is 0.251 e. The van der Waals surface area contributed by atoms with Crippen LogP contribution >= 0.6 is 0 Å². The van der Waals surface area contributed by atoms with Crippen LogP contribution in [0.5, 0.6) is 0 Å². The van der Waals surface area contributed by atoms with Crippen molar-refractivity contribution >= 4 is 15.9 Å². The van der Waals surface area contributed by atoms with Crippen LogP contribution in [-0.4, -0.2) is 51.0 Å². The minimum Gasteiger partial charge on any atom is -0.379 e. The van der Waals surface area contributed by atoms with Gasteiger partial charge in [-0.25, -0.2) is 8.42 Å². The molecule has 1 saturated heterocycles. The average molecular weight is 393 g/mol. The van der Waals surface area contributed by atoms with Gasteiger partial charge >= 0.3 is 0 Å². The number of hydrogen-bond acceptors (Lipinski definition) is 4.